The zero-order valence-electron chi connectivity index (χ0n) is 12.5. The summed E-state index contributed by atoms with van der Waals surface area (Å²) in [4.78, 5) is 16.7. The maximum atomic E-state index is 12.1. The van der Waals surface area contributed by atoms with Crippen molar-refractivity contribution in [3.05, 3.63) is 59.9 Å². The third-order valence-electron chi connectivity index (χ3n) is 3.54. The summed E-state index contributed by atoms with van der Waals surface area (Å²) >= 11 is 0. The molecular formula is C17H17N3O2. The van der Waals surface area contributed by atoms with Crippen molar-refractivity contribution < 1.29 is 9.53 Å². The molecule has 0 fully saturated rings. The molecule has 1 atom stereocenters. The van der Waals surface area contributed by atoms with Gasteiger partial charge in [-0.2, -0.15) is 0 Å². The molecular weight excluding hydrogens is 278 g/mol. The molecule has 0 aliphatic rings. The Labute approximate surface area is 128 Å². The molecule has 0 aliphatic carbocycles. The lowest BCUT2D eigenvalue weighted by Gasteiger charge is -2.10. The molecule has 0 amide bonds. The van der Waals surface area contributed by atoms with Gasteiger partial charge in [-0.15, -0.1) is 0 Å². The largest absolute Gasteiger partial charge is 0.464 e. The Morgan fingerprint density at radius 1 is 1.18 bits per heavy atom. The van der Waals surface area contributed by atoms with Crippen LogP contribution in [0.4, 0.5) is 0 Å². The number of imidazole rings is 1. The van der Waals surface area contributed by atoms with E-state index < -0.39 is 5.97 Å². The SMILES string of the molecule is COC(=O)c1cccc2nc([C@H](C)N)c(-c3ccccc3)n12. The van der Waals surface area contributed by atoms with Gasteiger partial charge in [-0.1, -0.05) is 36.4 Å². The summed E-state index contributed by atoms with van der Waals surface area (Å²) in [7, 11) is 1.37. The summed E-state index contributed by atoms with van der Waals surface area (Å²) in [6, 6.07) is 14.9. The van der Waals surface area contributed by atoms with Crippen molar-refractivity contribution in [2.45, 2.75) is 13.0 Å². The summed E-state index contributed by atoms with van der Waals surface area (Å²) in [5.41, 5.74) is 9.72. The van der Waals surface area contributed by atoms with E-state index in [1.54, 1.807) is 16.5 Å². The molecule has 2 heterocycles. The minimum absolute atomic E-state index is 0.249. The molecule has 22 heavy (non-hydrogen) atoms. The Morgan fingerprint density at radius 3 is 2.55 bits per heavy atom. The Morgan fingerprint density at radius 2 is 1.91 bits per heavy atom. The van der Waals surface area contributed by atoms with Gasteiger partial charge >= 0.3 is 5.97 Å². The van der Waals surface area contributed by atoms with E-state index in [-0.39, 0.29) is 6.04 Å². The number of carbonyl (C=O) groups is 1. The van der Waals surface area contributed by atoms with Gasteiger partial charge in [0.15, 0.2) is 0 Å². The van der Waals surface area contributed by atoms with Crippen molar-refractivity contribution in [1.29, 1.82) is 0 Å². The van der Waals surface area contributed by atoms with Gasteiger partial charge in [0.1, 0.15) is 11.3 Å². The highest BCUT2D eigenvalue weighted by atomic mass is 16.5. The zero-order valence-corrected chi connectivity index (χ0v) is 12.5. The summed E-state index contributed by atoms with van der Waals surface area (Å²) < 4.78 is 6.69. The fourth-order valence-electron chi connectivity index (χ4n) is 2.57. The van der Waals surface area contributed by atoms with E-state index in [0.29, 0.717) is 11.3 Å². The molecule has 5 nitrogen and oxygen atoms in total. The van der Waals surface area contributed by atoms with E-state index in [2.05, 4.69) is 4.98 Å². The van der Waals surface area contributed by atoms with Gasteiger partial charge in [-0.05, 0) is 19.1 Å². The number of hydrogen-bond donors (Lipinski definition) is 1. The molecule has 5 heteroatoms. The number of rotatable bonds is 3. The first-order valence-corrected chi connectivity index (χ1v) is 7.04. The van der Waals surface area contributed by atoms with Crippen LogP contribution in [0.2, 0.25) is 0 Å². The number of ether oxygens (including phenoxy) is 1. The normalized spacial score (nSPS) is 12.3. The predicted molar refractivity (Wildman–Crippen MR) is 84.6 cm³/mol. The Bertz CT molecular complexity index is 823. The number of methoxy groups -OCH3 is 1. The Balaban J connectivity index is 2.41. The molecule has 0 radical (unpaired) electrons. The Hall–Kier alpha value is -2.66. The van der Waals surface area contributed by atoms with Crippen molar-refractivity contribution in [1.82, 2.24) is 9.38 Å². The van der Waals surface area contributed by atoms with Crippen LogP contribution in [0.3, 0.4) is 0 Å². The van der Waals surface area contributed by atoms with Crippen molar-refractivity contribution in [3.8, 4) is 11.3 Å². The van der Waals surface area contributed by atoms with E-state index in [1.807, 2.05) is 43.3 Å². The van der Waals surface area contributed by atoms with Crippen LogP contribution in [0.15, 0.2) is 48.5 Å². The van der Waals surface area contributed by atoms with Crippen LogP contribution < -0.4 is 5.73 Å². The first-order chi connectivity index (χ1) is 10.6. The van der Waals surface area contributed by atoms with Crippen LogP contribution >= 0.6 is 0 Å². The number of aromatic nitrogens is 2. The van der Waals surface area contributed by atoms with Gasteiger partial charge in [0.25, 0.3) is 0 Å². The number of benzene rings is 1. The first kappa shape index (κ1) is 14.3. The molecule has 0 saturated heterocycles. The van der Waals surface area contributed by atoms with Gasteiger partial charge in [0.05, 0.1) is 18.5 Å². The first-order valence-electron chi connectivity index (χ1n) is 7.04. The van der Waals surface area contributed by atoms with Crippen molar-refractivity contribution >= 4 is 11.6 Å². The Kier molecular flexibility index (Phi) is 3.65. The monoisotopic (exact) mass is 295 g/mol. The average Bonchev–Trinajstić information content (AvgIpc) is 2.94. The fourth-order valence-corrected chi connectivity index (χ4v) is 2.57. The molecule has 3 rings (SSSR count). The van der Waals surface area contributed by atoms with Gasteiger partial charge in [0, 0.05) is 11.6 Å². The van der Waals surface area contributed by atoms with Crippen LogP contribution in [0.5, 0.6) is 0 Å². The van der Waals surface area contributed by atoms with E-state index in [4.69, 9.17) is 10.5 Å². The number of pyridine rings is 1. The molecule has 112 valence electrons. The van der Waals surface area contributed by atoms with E-state index in [0.717, 1.165) is 17.0 Å². The topological polar surface area (TPSA) is 69.6 Å². The fraction of sp³-hybridized carbons (Fsp3) is 0.176. The predicted octanol–water partition coefficient (Wildman–Crippen LogP) is 2.81. The quantitative estimate of drug-likeness (QED) is 0.754. The van der Waals surface area contributed by atoms with Gasteiger partial charge < -0.3 is 10.5 Å². The molecule has 0 saturated carbocycles. The van der Waals surface area contributed by atoms with E-state index in [1.165, 1.54) is 7.11 Å². The molecule has 2 aromatic heterocycles. The molecule has 1 aromatic carbocycles. The van der Waals surface area contributed by atoms with Crippen molar-refractivity contribution in [2.24, 2.45) is 5.73 Å². The van der Waals surface area contributed by atoms with Gasteiger partial charge in [-0.3, -0.25) is 4.40 Å². The number of carbonyl (C=O) groups excluding carboxylic acids is 1. The minimum atomic E-state index is -0.406. The lowest BCUT2D eigenvalue weighted by atomic mass is 10.1. The number of esters is 1. The summed E-state index contributed by atoms with van der Waals surface area (Å²) in [6.07, 6.45) is 0. The maximum Gasteiger partial charge on any atom is 0.355 e. The van der Waals surface area contributed by atoms with Crippen molar-refractivity contribution in [2.75, 3.05) is 7.11 Å². The lowest BCUT2D eigenvalue weighted by molar-refractivity contribution is 0.0592. The highest BCUT2D eigenvalue weighted by Gasteiger charge is 2.21. The molecule has 3 aromatic rings. The smallest absolute Gasteiger partial charge is 0.355 e. The second-order valence-corrected chi connectivity index (χ2v) is 5.10. The molecule has 2 N–H and O–H groups in total. The molecule has 0 bridgehead atoms. The summed E-state index contributed by atoms with van der Waals surface area (Å²) in [6.45, 7) is 1.88. The molecule has 0 spiro atoms. The number of fused-ring (bicyclic) bond motifs is 1. The van der Waals surface area contributed by atoms with Crippen molar-refractivity contribution in [3.63, 3.8) is 0 Å². The molecule has 0 aliphatic heterocycles. The van der Waals surface area contributed by atoms with Crippen LogP contribution in [0.1, 0.15) is 29.1 Å². The second-order valence-electron chi connectivity index (χ2n) is 5.10. The summed E-state index contributed by atoms with van der Waals surface area (Å²) in [5.74, 6) is -0.406. The van der Waals surface area contributed by atoms with Gasteiger partial charge in [0.2, 0.25) is 0 Å². The molecule has 0 unspecified atom stereocenters. The third-order valence-corrected chi connectivity index (χ3v) is 3.54. The van der Waals surface area contributed by atoms with E-state index >= 15 is 0 Å². The average molecular weight is 295 g/mol. The zero-order chi connectivity index (χ0) is 15.7. The van der Waals surface area contributed by atoms with Gasteiger partial charge in [-0.25, -0.2) is 9.78 Å². The van der Waals surface area contributed by atoms with Crippen LogP contribution in [0, 0.1) is 0 Å². The van der Waals surface area contributed by atoms with Crippen LogP contribution in [-0.4, -0.2) is 22.5 Å². The third kappa shape index (κ3) is 2.25. The number of hydrogen-bond acceptors (Lipinski definition) is 4. The number of nitrogens with two attached hydrogens (primary N) is 1. The van der Waals surface area contributed by atoms with Crippen LogP contribution in [0.25, 0.3) is 16.9 Å². The van der Waals surface area contributed by atoms with Crippen LogP contribution in [-0.2, 0) is 4.74 Å². The maximum absolute atomic E-state index is 12.1. The highest BCUT2D eigenvalue weighted by Crippen LogP contribution is 2.29. The van der Waals surface area contributed by atoms with E-state index in [9.17, 15) is 4.79 Å². The number of nitrogens with zero attached hydrogens (tertiary/aromatic N) is 2. The standard InChI is InChI=1S/C17H17N3O2/c1-11(18)15-16(12-7-4-3-5-8-12)20-13(17(21)22-2)9-6-10-14(20)19-15/h3-11H,18H2,1-2H3/t11-/m0/s1. The minimum Gasteiger partial charge on any atom is -0.464 e. The second kappa shape index (κ2) is 5.61. The highest BCUT2D eigenvalue weighted by molar-refractivity contribution is 5.89. The lowest BCUT2D eigenvalue weighted by Crippen LogP contribution is -2.10. The summed E-state index contributed by atoms with van der Waals surface area (Å²) in [5, 5.41) is 0.